The van der Waals surface area contributed by atoms with Crippen molar-refractivity contribution in [1.29, 1.82) is 0 Å². The summed E-state index contributed by atoms with van der Waals surface area (Å²) in [7, 11) is 0. The fourth-order valence-electron chi connectivity index (χ4n) is 3.27. The van der Waals surface area contributed by atoms with Crippen LogP contribution in [-0.4, -0.2) is 47.2 Å². The number of morpholine rings is 1. The topological polar surface area (TPSA) is 66.8 Å². The average Bonchev–Trinajstić information content (AvgIpc) is 2.44. The van der Waals surface area contributed by atoms with Crippen molar-refractivity contribution in [2.75, 3.05) is 19.7 Å². The molecular weight excluding hydrogens is 258 g/mol. The highest BCUT2D eigenvalue weighted by atomic mass is 16.5. The molecule has 20 heavy (non-hydrogen) atoms. The Morgan fingerprint density at radius 1 is 1.10 bits per heavy atom. The maximum atomic E-state index is 12.2. The lowest BCUT2D eigenvalue weighted by molar-refractivity contribution is -0.156. The van der Waals surface area contributed by atoms with Gasteiger partial charge in [0.25, 0.3) is 0 Å². The van der Waals surface area contributed by atoms with Crippen LogP contribution in [0.3, 0.4) is 0 Å². The Morgan fingerprint density at radius 2 is 1.80 bits per heavy atom. The summed E-state index contributed by atoms with van der Waals surface area (Å²) in [6.07, 6.45) is 7.65. The molecule has 0 atom stereocenters. The van der Waals surface area contributed by atoms with Crippen molar-refractivity contribution in [3.8, 4) is 0 Å². The van der Waals surface area contributed by atoms with E-state index in [4.69, 9.17) is 9.84 Å². The van der Waals surface area contributed by atoms with Crippen LogP contribution in [-0.2, 0) is 14.3 Å². The molecule has 1 aliphatic heterocycles. The Kier molecular flexibility index (Phi) is 5.40. The minimum Gasteiger partial charge on any atom is -0.481 e. The largest absolute Gasteiger partial charge is 0.481 e. The number of unbranched alkanes of at least 4 members (excludes halogenated alkanes) is 1. The first-order valence-electron chi connectivity index (χ1n) is 7.75. The lowest BCUT2D eigenvalue weighted by Crippen LogP contribution is -2.54. The van der Waals surface area contributed by atoms with Gasteiger partial charge in [-0.25, -0.2) is 0 Å². The minimum absolute atomic E-state index is 0.0901. The van der Waals surface area contributed by atoms with Gasteiger partial charge in [-0.2, -0.15) is 0 Å². The van der Waals surface area contributed by atoms with Crippen LogP contribution in [0.1, 0.15) is 57.8 Å². The van der Waals surface area contributed by atoms with Crippen LogP contribution >= 0.6 is 0 Å². The number of carbonyl (C=O) groups excluding carboxylic acids is 1. The number of rotatable bonds is 5. The summed E-state index contributed by atoms with van der Waals surface area (Å²) in [5.41, 5.74) is -0.0901. The molecule has 2 rings (SSSR count). The Labute approximate surface area is 120 Å². The van der Waals surface area contributed by atoms with Gasteiger partial charge < -0.3 is 14.7 Å². The van der Waals surface area contributed by atoms with Gasteiger partial charge in [0.15, 0.2) is 0 Å². The van der Waals surface area contributed by atoms with E-state index < -0.39 is 5.97 Å². The van der Waals surface area contributed by atoms with Crippen molar-refractivity contribution in [2.24, 2.45) is 0 Å². The molecule has 0 aromatic heterocycles. The predicted octanol–water partition coefficient (Wildman–Crippen LogP) is 2.19. The molecular formula is C15H25NO4. The second-order valence-electron chi connectivity index (χ2n) is 6.01. The van der Waals surface area contributed by atoms with E-state index in [1.54, 1.807) is 0 Å². The van der Waals surface area contributed by atoms with Gasteiger partial charge in [-0.3, -0.25) is 9.59 Å². The van der Waals surface area contributed by atoms with E-state index >= 15 is 0 Å². The van der Waals surface area contributed by atoms with Crippen LogP contribution in [0.2, 0.25) is 0 Å². The van der Waals surface area contributed by atoms with Crippen molar-refractivity contribution in [3.05, 3.63) is 0 Å². The maximum absolute atomic E-state index is 12.2. The molecule has 0 aromatic carbocycles. The summed E-state index contributed by atoms with van der Waals surface area (Å²) >= 11 is 0. The molecule has 1 amide bonds. The molecule has 2 aliphatic rings. The standard InChI is InChI=1S/C15H25NO4/c17-13(6-2-3-7-14(18)19)16-10-11-20-15(12-16)8-4-1-5-9-15/h1-12H2,(H,18,19). The smallest absolute Gasteiger partial charge is 0.303 e. The summed E-state index contributed by atoms with van der Waals surface area (Å²) in [6, 6.07) is 0. The van der Waals surface area contributed by atoms with E-state index in [1.165, 1.54) is 19.3 Å². The van der Waals surface area contributed by atoms with Crippen molar-refractivity contribution in [2.45, 2.75) is 63.4 Å². The lowest BCUT2D eigenvalue weighted by Gasteiger charge is -2.45. The van der Waals surface area contributed by atoms with Crippen molar-refractivity contribution < 1.29 is 19.4 Å². The normalized spacial score (nSPS) is 21.9. The van der Waals surface area contributed by atoms with Crippen molar-refractivity contribution in [3.63, 3.8) is 0 Å². The molecule has 0 bridgehead atoms. The molecule has 0 unspecified atom stereocenters. The van der Waals surface area contributed by atoms with Crippen LogP contribution in [0.25, 0.3) is 0 Å². The maximum Gasteiger partial charge on any atom is 0.303 e. The molecule has 1 saturated heterocycles. The highest BCUT2D eigenvalue weighted by Gasteiger charge is 2.38. The van der Waals surface area contributed by atoms with Gasteiger partial charge >= 0.3 is 5.97 Å². The SMILES string of the molecule is O=C(O)CCCCC(=O)N1CCOC2(CCCCC2)C1. The van der Waals surface area contributed by atoms with Crippen LogP contribution in [0.15, 0.2) is 0 Å². The van der Waals surface area contributed by atoms with Crippen LogP contribution in [0.4, 0.5) is 0 Å². The number of amides is 1. The molecule has 1 N–H and O–H groups in total. The molecule has 1 spiro atoms. The molecule has 2 fully saturated rings. The van der Waals surface area contributed by atoms with E-state index in [1.807, 2.05) is 4.90 Å². The van der Waals surface area contributed by atoms with Gasteiger partial charge in [-0.15, -0.1) is 0 Å². The molecule has 1 heterocycles. The van der Waals surface area contributed by atoms with Gasteiger partial charge in [0, 0.05) is 25.9 Å². The van der Waals surface area contributed by atoms with Gasteiger partial charge in [0.2, 0.25) is 5.91 Å². The monoisotopic (exact) mass is 283 g/mol. The van der Waals surface area contributed by atoms with Crippen LogP contribution in [0.5, 0.6) is 0 Å². The highest BCUT2D eigenvalue weighted by Crippen LogP contribution is 2.34. The zero-order valence-corrected chi connectivity index (χ0v) is 12.1. The van der Waals surface area contributed by atoms with Gasteiger partial charge in [0.05, 0.1) is 12.2 Å². The van der Waals surface area contributed by atoms with E-state index in [9.17, 15) is 9.59 Å². The number of aliphatic carboxylic acids is 1. The number of hydrogen-bond acceptors (Lipinski definition) is 3. The van der Waals surface area contributed by atoms with E-state index in [2.05, 4.69) is 0 Å². The molecule has 0 radical (unpaired) electrons. The number of hydrogen-bond donors (Lipinski definition) is 1. The number of carbonyl (C=O) groups is 2. The fraction of sp³-hybridized carbons (Fsp3) is 0.867. The average molecular weight is 283 g/mol. The second-order valence-corrected chi connectivity index (χ2v) is 6.01. The van der Waals surface area contributed by atoms with Gasteiger partial charge in [-0.1, -0.05) is 19.3 Å². The van der Waals surface area contributed by atoms with Crippen molar-refractivity contribution in [1.82, 2.24) is 4.90 Å². The second kappa shape index (κ2) is 7.07. The Hall–Kier alpha value is -1.10. The Morgan fingerprint density at radius 3 is 2.50 bits per heavy atom. The summed E-state index contributed by atoms with van der Waals surface area (Å²) < 4.78 is 5.97. The molecule has 5 heteroatoms. The summed E-state index contributed by atoms with van der Waals surface area (Å²) in [5.74, 6) is -0.631. The summed E-state index contributed by atoms with van der Waals surface area (Å²) in [5, 5.41) is 8.58. The van der Waals surface area contributed by atoms with Gasteiger partial charge in [0.1, 0.15) is 0 Å². The van der Waals surface area contributed by atoms with Crippen LogP contribution in [0, 0.1) is 0 Å². The molecule has 1 saturated carbocycles. The van der Waals surface area contributed by atoms with Gasteiger partial charge in [-0.05, 0) is 25.7 Å². The molecule has 5 nitrogen and oxygen atoms in total. The number of nitrogens with zero attached hydrogens (tertiary/aromatic N) is 1. The van der Waals surface area contributed by atoms with Crippen LogP contribution < -0.4 is 0 Å². The number of ether oxygens (including phenoxy) is 1. The van der Waals surface area contributed by atoms with Crippen molar-refractivity contribution >= 4 is 11.9 Å². The van der Waals surface area contributed by atoms with E-state index in [0.29, 0.717) is 32.4 Å². The molecule has 114 valence electrons. The molecule has 1 aliphatic carbocycles. The first kappa shape index (κ1) is 15.3. The first-order valence-corrected chi connectivity index (χ1v) is 7.75. The fourth-order valence-corrected chi connectivity index (χ4v) is 3.27. The summed E-state index contributed by atoms with van der Waals surface area (Å²) in [4.78, 5) is 24.6. The highest BCUT2D eigenvalue weighted by molar-refractivity contribution is 5.76. The minimum atomic E-state index is -0.787. The zero-order valence-electron chi connectivity index (χ0n) is 12.1. The zero-order chi connectivity index (χ0) is 14.4. The third-order valence-electron chi connectivity index (χ3n) is 4.40. The quantitative estimate of drug-likeness (QED) is 0.785. The predicted molar refractivity (Wildman–Crippen MR) is 74.5 cm³/mol. The van der Waals surface area contributed by atoms with E-state index in [-0.39, 0.29) is 17.9 Å². The number of carboxylic acids is 1. The third kappa shape index (κ3) is 4.20. The number of carboxylic acid groups (broad SMARTS) is 1. The Bertz CT molecular complexity index is 344. The summed E-state index contributed by atoms with van der Waals surface area (Å²) in [6.45, 7) is 2.05. The van der Waals surface area contributed by atoms with E-state index in [0.717, 1.165) is 19.4 Å². The first-order chi connectivity index (χ1) is 9.61. The molecule has 0 aromatic rings. The Balaban J connectivity index is 1.76. The lowest BCUT2D eigenvalue weighted by atomic mass is 9.83. The third-order valence-corrected chi connectivity index (χ3v) is 4.40.